The van der Waals surface area contributed by atoms with Crippen LogP contribution in [0.3, 0.4) is 0 Å². The third kappa shape index (κ3) is 5.23. The van der Waals surface area contributed by atoms with Gasteiger partial charge in [0.15, 0.2) is 0 Å². The van der Waals surface area contributed by atoms with Gasteiger partial charge in [0, 0.05) is 13.1 Å². The molecule has 0 bridgehead atoms. The average molecular weight is 397 g/mol. The van der Waals surface area contributed by atoms with Crippen LogP contribution in [0.2, 0.25) is 0 Å². The van der Waals surface area contributed by atoms with Gasteiger partial charge in [0.25, 0.3) is 0 Å². The van der Waals surface area contributed by atoms with E-state index >= 15 is 0 Å². The summed E-state index contributed by atoms with van der Waals surface area (Å²) in [5, 5.41) is 3.08. The van der Waals surface area contributed by atoms with Crippen LogP contribution in [-0.4, -0.2) is 45.1 Å². The molecule has 0 radical (unpaired) electrons. The molecule has 1 aromatic rings. The summed E-state index contributed by atoms with van der Waals surface area (Å²) >= 11 is 0. The van der Waals surface area contributed by atoms with E-state index in [4.69, 9.17) is 4.74 Å². The number of hydrogen-bond acceptors (Lipinski definition) is 4. The minimum atomic E-state index is -3.26. The van der Waals surface area contributed by atoms with E-state index in [9.17, 15) is 13.2 Å². The lowest BCUT2D eigenvalue weighted by Gasteiger charge is -2.31. The highest BCUT2D eigenvalue weighted by atomic mass is 32.2. The number of benzene rings is 1. The number of sulfonamides is 1. The summed E-state index contributed by atoms with van der Waals surface area (Å²) in [5.41, 5.74) is 3.23. The summed E-state index contributed by atoms with van der Waals surface area (Å²) < 4.78 is 30.5. The van der Waals surface area contributed by atoms with E-state index < -0.39 is 10.0 Å². The van der Waals surface area contributed by atoms with Crippen LogP contribution >= 0.6 is 0 Å². The fourth-order valence-electron chi connectivity index (χ4n) is 3.68. The van der Waals surface area contributed by atoms with E-state index in [1.54, 1.807) is 7.11 Å². The number of amides is 1. The van der Waals surface area contributed by atoms with E-state index in [1.807, 2.05) is 19.9 Å². The largest absolute Gasteiger partial charge is 0.496 e. The summed E-state index contributed by atoms with van der Waals surface area (Å²) in [7, 11) is -1.59. The highest BCUT2D eigenvalue weighted by Gasteiger charge is 2.31. The summed E-state index contributed by atoms with van der Waals surface area (Å²) in [6.07, 6.45) is 2.62. The standard InChI is InChI=1S/C20H32N2O4S/c1-13(2)17-11-18(14(3)10-19(17)26-5)15(4)21-20(23)16-8-7-9-22(12-16)27(6,24)25/h10-11,13,15-16H,7-9,12H2,1-6H3,(H,21,23)/t15-,16+/m0/s1. The Morgan fingerprint density at radius 3 is 2.48 bits per heavy atom. The zero-order chi connectivity index (χ0) is 20.4. The second kappa shape index (κ2) is 8.61. The van der Waals surface area contributed by atoms with Gasteiger partial charge in [0.2, 0.25) is 15.9 Å². The number of hydrogen-bond donors (Lipinski definition) is 1. The predicted octanol–water partition coefficient (Wildman–Crippen LogP) is 2.98. The molecular weight excluding hydrogens is 364 g/mol. The Balaban J connectivity index is 2.16. The molecule has 2 atom stereocenters. The van der Waals surface area contributed by atoms with Crippen LogP contribution in [0.1, 0.15) is 62.3 Å². The first-order valence-electron chi connectivity index (χ1n) is 9.48. The number of aryl methyl sites for hydroxylation is 1. The van der Waals surface area contributed by atoms with Crippen LogP contribution < -0.4 is 10.1 Å². The van der Waals surface area contributed by atoms with Gasteiger partial charge in [0.05, 0.1) is 25.3 Å². The quantitative estimate of drug-likeness (QED) is 0.802. The maximum atomic E-state index is 12.8. The molecule has 0 saturated carbocycles. The Morgan fingerprint density at radius 1 is 1.26 bits per heavy atom. The van der Waals surface area contributed by atoms with E-state index in [1.165, 1.54) is 10.6 Å². The Bertz CT molecular complexity index is 789. The molecule has 1 aromatic carbocycles. The minimum absolute atomic E-state index is 0.0860. The van der Waals surface area contributed by atoms with Crippen molar-refractivity contribution in [2.75, 3.05) is 26.5 Å². The van der Waals surface area contributed by atoms with Crippen molar-refractivity contribution in [3.8, 4) is 5.75 Å². The fraction of sp³-hybridized carbons (Fsp3) is 0.650. The lowest BCUT2D eigenvalue weighted by atomic mass is 9.92. The van der Waals surface area contributed by atoms with Crippen LogP contribution in [0.25, 0.3) is 0 Å². The predicted molar refractivity (Wildman–Crippen MR) is 108 cm³/mol. The number of rotatable bonds is 6. The molecule has 152 valence electrons. The van der Waals surface area contributed by atoms with Crippen LogP contribution in [0, 0.1) is 12.8 Å². The van der Waals surface area contributed by atoms with Crippen molar-refractivity contribution in [2.45, 2.75) is 52.5 Å². The van der Waals surface area contributed by atoms with Gasteiger partial charge in [-0.2, -0.15) is 0 Å². The van der Waals surface area contributed by atoms with Gasteiger partial charge in [-0.3, -0.25) is 4.79 Å². The van der Waals surface area contributed by atoms with E-state index in [-0.39, 0.29) is 24.4 Å². The summed E-state index contributed by atoms with van der Waals surface area (Å²) in [6.45, 7) is 8.96. The zero-order valence-corrected chi connectivity index (χ0v) is 18.0. The Hall–Kier alpha value is -1.60. The van der Waals surface area contributed by atoms with Gasteiger partial charge in [-0.05, 0) is 61.4 Å². The maximum Gasteiger partial charge on any atom is 0.224 e. The molecule has 1 aliphatic heterocycles. The third-order valence-electron chi connectivity index (χ3n) is 5.29. The minimum Gasteiger partial charge on any atom is -0.496 e. The highest BCUT2D eigenvalue weighted by molar-refractivity contribution is 7.88. The van der Waals surface area contributed by atoms with Gasteiger partial charge in [-0.25, -0.2) is 12.7 Å². The lowest BCUT2D eigenvalue weighted by molar-refractivity contribution is -0.126. The van der Waals surface area contributed by atoms with Gasteiger partial charge in [-0.1, -0.05) is 13.8 Å². The number of methoxy groups -OCH3 is 1. The van der Waals surface area contributed by atoms with Crippen molar-refractivity contribution in [3.05, 3.63) is 28.8 Å². The van der Waals surface area contributed by atoms with E-state index in [0.29, 0.717) is 25.3 Å². The zero-order valence-electron chi connectivity index (χ0n) is 17.2. The van der Waals surface area contributed by atoms with Crippen LogP contribution in [0.5, 0.6) is 5.75 Å². The van der Waals surface area contributed by atoms with Gasteiger partial charge >= 0.3 is 0 Å². The van der Waals surface area contributed by atoms with Crippen molar-refractivity contribution in [1.29, 1.82) is 0 Å². The average Bonchev–Trinajstić information content (AvgIpc) is 2.60. The summed E-state index contributed by atoms with van der Waals surface area (Å²) in [4.78, 5) is 12.8. The number of nitrogens with one attached hydrogen (secondary N) is 1. The number of ether oxygens (including phenoxy) is 1. The number of carbonyl (C=O) groups excluding carboxylic acids is 1. The molecule has 0 aromatic heterocycles. The van der Waals surface area contributed by atoms with E-state index in [2.05, 4.69) is 25.2 Å². The van der Waals surface area contributed by atoms with Crippen molar-refractivity contribution in [2.24, 2.45) is 5.92 Å². The fourth-order valence-corrected chi connectivity index (χ4v) is 4.59. The van der Waals surface area contributed by atoms with Gasteiger partial charge in [0.1, 0.15) is 5.75 Å². The number of carbonyl (C=O) groups is 1. The molecular formula is C20H32N2O4S. The number of piperidine rings is 1. The molecule has 1 N–H and O–H groups in total. The van der Waals surface area contributed by atoms with Crippen molar-refractivity contribution < 1.29 is 17.9 Å². The molecule has 0 spiro atoms. The second-order valence-electron chi connectivity index (χ2n) is 7.80. The maximum absolute atomic E-state index is 12.8. The molecule has 1 amide bonds. The topological polar surface area (TPSA) is 75.7 Å². The number of nitrogens with zero attached hydrogens (tertiary/aromatic N) is 1. The second-order valence-corrected chi connectivity index (χ2v) is 9.78. The summed E-state index contributed by atoms with van der Waals surface area (Å²) in [5.74, 6) is 0.779. The monoisotopic (exact) mass is 396 g/mol. The molecule has 1 fully saturated rings. The molecule has 27 heavy (non-hydrogen) atoms. The Kier molecular flexibility index (Phi) is 6.92. The van der Waals surface area contributed by atoms with Gasteiger partial charge < -0.3 is 10.1 Å². The molecule has 6 nitrogen and oxygen atoms in total. The molecule has 1 aliphatic rings. The van der Waals surface area contributed by atoms with Crippen LogP contribution in [0.4, 0.5) is 0 Å². The van der Waals surface area contributed by atoms with Crippen molar-refractivity contribution in [1.82, 2.24) is 9.62 Å². The smallest absolute Gasteiger partial charge is 0.224 e. The Morgan fingerprint density at radius 2 is 1.93 bits per heavy atom. The van der Waals surface area contributed by atoms with Crippen molar-refractivity contribution in [3.63, 3.8) is 0 Å². The normalized spacial score (nSPS) is 19.7. The SMILES string of the molecule is COc1cc(C)c([C@H](C)NC(=O)[C@@H]2CCCN(S(C)(=O)=O)C2)cc1C(C)C. The molecule has 2 rings (SSSR count). The van der Waals surface area contributed by atoms with Gasteiger partial charge in [-0.15, -0.1) is 0 Å². The molecule has 0 aliphatic carbocycles. The lowest BCUT2D eigenvalue weighted by Crippen LogP contribution is -2.45. The highest BCUT2D eigenvalue weighted by Crippen LogP contribution is 2.32. The Labute approximate surface area is 163 Å². The first kappa shape index (κ1) is 21.7. The first-order chi connectivity index (χ1) is 12.5. The first-order valence-corrected chi connectivity index (χ1v) is 11.3. The third-order valence-corrected chi connectivity index (χ3v) is 6.56. The van der Waals surface area contributed by atoms with E-state index in [0.717, 1.165) is 22.4 Å². The van der Waals surface area contributed by atoms with Crippen LogP contribution in [-0.2, 0) is 14.8 Å². The van der Waals surface area contributed by atoms with Crippen molar-refractivity contribution >= 4 is 15.9 Å². The molecule has 1 heterocycles. The summed E-state index contributed by atoms with van der Waals surface area (Å²) in [6, 6.07) is 3.96. The molecule has 7 heteroatoms. The van der Waals surface area contributed by atoms with Crippen LogP contribution in [0.15, 0.2) is 12.1 Å². The molecule has 0 unspecified atom stereocenters. The molecule has 1 saturated heterocycles.